The Morgan fingerprint density at radius 3 is 2.67 bits per heavy atom. The Bertz CT molecular complexity index is 656. The van der Waals surface area contributed by atoms with Crippen molar-refractivity contribution in [1.29, 1.82) is 0 Å². The van der Waals surface area contributed by atoms with Gasteiger partial charge in [-0.25, -0.2) is 4.98 Å². The predicted octanol–water partition coefficient (Wildman–Crippen LogP) is 2.50. The van der Waals surface area contributed by atoms with Crippen LogP contribution in [0.3, 0.4) is 0 Å². The zero-order valence-corrected chi connectivity index (χ0v) is 10.1. The van der Waals surface area contributed by atoms with Gasteiger partial charge in [-0.15, -0.1) is 0 Å². The van der Waals surface area contributed by atoms with Crippen molar-refractivity contribution < 1.29 is 0 Å². The average molecular weight is 237 g/mol. The second kappa shape index (κ2) is 4.63. The molecular weight excluding hydrogens is 222 g/mol. The van der Waals surface area contributed by atoms with E-state index < -0.39 is 0 Å². The molecule has 0 unspecified atom stereocenters. The van der Waals surface area contributed by atoms with Crippen LogP contribution < -0.4 is 5.73 Å². The third-order valence-corrected chi connectivity index (χ3v) is 3.10. The number of pyridine rings is 1. The van der Waals surface area contributed by atoms with Crippen LogP contribution in [0.1, 0.15) is 5.69 Å². The normalized spacial score (nSPS) is 10.9. The standard InChI is InChI=1S/C15H15N3/c16-9-8-13-11-17-15-14(7-4-10-18(13)15)12-5-2-1-3-6-12/h1-7,10-11H,8-9,16H2. The predicted molar refractivity (Wildman–Crippen MR) is 73.4 cm³/mol. The monoisotopic (exact) mass is 237 g/mol. The number of aromatic nitrogens is 2. The lowest BCUT2D eigenvalue weighted by molar-refractivity contribution is 0.905. The first-order valence-electron chi connectivity index (χ1n) is 6.10. The van der Waals surface area contributed by atoms with Crippen molar-refractivity contribution in [3.05, 3.63) is 60.6 Å². The molecule has 0 aliphatic heterocycles. The van der Waals surface area contributed by atoms with Crippen LogP contribution in [0.15, 0.2) is 54.9 Å². The summed E-state index contributed by atoms with van der Waals surface area (Å²) in [7, 11) is 0. The first-order chi connectivity index (χ1) is 8.90. The van der Waals surface area contributed by atoms with Crippen LogP contribution in [0.2, 0.25) is 0 Å². The minimum atomic E-state index is 0.642. The second-order valence-corrected chi connectivity index (χ2v) is 4.27. The lowest BCUT2D eigenvalue weighted by Gasteiger charge is -2.05. The topological polar surface area (TPSA) is 43.3 Å². The summed E-state index contributed by atoms with van der Waals surface area (Å²) in [5, 5.41) is 0. The van der Waals surface area contributed by atoms with Crippen LogP contribution in [0.5, 0.6) is 0 Å². The van der Waals surface area contributed by atoms with E-state index in [4.69, 9.17) is 5.73 Å². The minimum Gasteiger partial charge on any atom is -0.330 e. The SMILES string of the molecule is NCCc1cnc2c(-c3ccccc3)cccn12. The van der Waals surface area contributed by atoms with Gasteiger partial charge in [-0.2, -0.15) is 0 Å². The summed E-state index contributed by atoms with van der Waals surface area (Å²) in [5.41, 5.74) is 10.1. The number of hydrogen-bond donors (Lipinski definition) is 1. The highest BCUT2D eigenvalue weighted by molar-refractivity contribution is 5.77. The molecule has 0 bridgehead atoms. The zero-order valence-electron chi connectivity index (χ0n) is 10.1. The summed E-state index contributed by atoms with van der Waals surface area (Å²) in [6.45, 7) is 0.642. The van der Waals surface area contributed by atoms with E-state index >= 15 is 0 Å². The molecule has 2 aromatic heterocycles. The molecule has 0 aliphatic rings. The highest BCUT2D eigenvalue weighted by Crippen LogP contribution is 2.24. The number of nitrogens with two attached hydrogens (primary N) is 1. The van der Waals surface area contributed by atoms with Crippen molar-refractivity contribution in [3.8, 4) is 11.1 Å². The lowest BCUT2D eigenvalue weighted by atomic mass is 10.1. The molecule has 90 valence electrons. The van der Waals surface area contributed by atoms with Crippen LogP contribution in [0.25, 0.3) is 16.8 Å². The van der Waals surface area contributed by atoms with Crippen molar-refractivity contribution >= 4 is 5.65 Å². The van der Waals surface area contributed by atoms with Gasteiger partial charge >= 0.3 is 0 Å². The first kappa shape index (κ1) is 11.0. The van der Waals surface area contributed by atoms with Gasteiger partial charge in [0.05, 0.1) is 0 Å². The van der Waals surface area contributed by atoms with Gasteiger partial charge in [0.1, 0.15) is 5.65 Å². The van der Waals surface area contributed by atoms with E-state index in [1.807, 2.05) is 30.6 Å². The molecule has 1 aromatic carbocycles. The van der Waals surface area contributed by atoms with E-state index in [-0.39, 0.29) is 0 Å². The van der Waals surface area contributed by atoms with E-state index in [1.165, 1.54) is 5.56 Å². The molecule has 18 heavy (non-hydrogen) atoms. The third-order valence-electron chi connectivity index (χ3n) is 3.10. The number of rotatable bonds is 3. The Balaban J connectivity index is 2.19. The minimum absolute atomic E-state index is 0.642. The van der Waals surface area contributed by atoms with Crippen LogP contribution in [0, 0.1) is 0 Å². The third kappa shape index (κ3) is 1.79. The van der Waals surface area contributed by atoms with Crippen LogP contribution in [0.4, 0.5) is 0 Å². The van der Waals surface area contributed by atoms with E-state index in [9.17, 15) is 0 Å². The first-order valence-corrected chi connectivity index (χ1v) is 6.10. The quantitative estimate of drug-likeness (QED) is 0.760. The summed E-state index contributed by atoms with van der Waals surface area (Å²) in [6.07, 6.45) is 4.80. The summed E-state index contributed by atoms with van der Waals surface area (Å²) in [6, 6.07) is 14.5. The maximum atomic E-state index is 5.62. The number of hydrogen-bond acceptors (Lipinski definition) is 2. The van der Waals surface area contributed by atoms with Gasteiger partial charge in [0, 0.05) is 30.1 Å². The van der Waals surface area contributed by atoms with Crippen molar-refractivity contribution in [3.63, 3.8) is 0 Å². The lowest BCUT2D eigenvalue weighted by Crippen LogP contribution is -2.04. The van der Waals surface area contributed by atoms with Crippen molar-refractivity contribution in [2.45, 2.75) is 6.42 Å². The number of benzene rings is 1. The number of imidazole rings is 1. The van der Waals surface area contributed by atoms with Gasteiger partial charge in [0.25, 0.3) is 0 Å². The van der Waals surface area contributed by atoms with Gasteiger partial charge in [-0.1, -0.05) is 30.3 Å². The molecule has 2 N–H and O–H groups in total. The fraction of sp³-hybridized carbons (Fsp3) is 0.133. The fourth-order valence-electron chi connectivity index (χ4n) is 2.24. The van der Waals surface area contributed by atoms with E-state index in [1.54, 1.807) is 0 Å². The summed E-state index contributed by atoms with van der Waals surface area (Å²) >= 11 is 0. The Morgan fingerprint density at radius 1 is 1.06 bits per heavy atom. The summed E-state index contributed by atoms with van der Waals surface area (Å²) in [4.78, 5) is 4.52. The number of fused-ring (bicyclic) bond motifs is 1. The van der Waals surface area contributed by atoms with Gasteiger partial charge in [0.15, 0.2) is 0 Å². The van der Waals surface area contributed by atoms with Crippen LogP contribution in [-0.4, -0.2) is 15.9 Å². The molecule has 0 radical (unpaired) electrons. The molecule has 3 rings (SSSR count). The van der Waals surface area contributed by atoms with Gasteiger partial charge in [-0.3, -0.25) is 0 Å². The molecule has 0 spiro atoms. The molecule has 2 heterocycles. The van der Waals surface area contributed by atoms with Crippen LogP contribution in [-0.2, 0) is 6.42 Å². The fourth-order valence-corrected chi connectivity index (χ4v) is 2.24. The van der Waals surface area contributed by atoms with Gasteiger partial charge in [-0.05, 0) is 24.2 Å². The molecule has 0 amide bonds. The van der Waals surface area contributed by atoms with Crippen molar-refractivity contribution in [2.24, 2.45) is 5.73 Å². The Labute approximate surface area is 106 Å². The van der Waals surface area contributed by atoms with Crippen molar-refractivity contribution in [2.75, 3.05) is 6.54 Å². The highest BCUT2D eigenvalue weighted by Gasteiger charge is 2.07. The van der Waals surface area contributed by atoms with E-state index in [2.05, 4.69) is 33.7 Å². The zero-order chi connectivity index (χ0) is 12.4. The molecule has 0 saturated carbocycles. The Morgan fingerprint density at radius 2 is 1.89 bits per heavy atom. The average Bonchev–Trinajstić information content (AvgIpc) is 2.84. The molecule has 0 fully saturated rings. The molecule has 0 aliphatic carbocycles. The molecule has 3 heteroatoms. The molecule has 0 saturated heterocycles. The van der Waals surface area contributed by atoms with E-state index in [0.717, 1.165) is 23.3 Å². The maximum absolute atomic E-state index is 5.62. The highest BCUT2D eigenvalue weighted by atomic mass is 15.0. The summed E-state index contributed by atoms with van der Waals surface area (Å²) < 4.78 is 2.12. The Hall–Kier alpha value is -2.13. The largest absolute Gasteiger partial charge is 0.330 e. The van der Waals surface area contributed by atoms with Crippen molar-refractivity contribution in [1.82, 2.24) is 9.38 Å². The molecular formula is C15H15N3. The smallest absolute Gasteiger partial charge is 0.144 e. The second-order valence-electron chi connectivity index (χ2n) is 4.27. The molecule has 3 aromatic rings. The number of nitrogens with zero attached hydrogens (tertiary/aromatic N) is 2. The maximum Gasteiger partial charge on any atom is 0.144 e. The molecule has 3 nitrogen and oxygen atoms in total. The summed E-state index contributed by atoms with van der Waals surface area (Å²) in [5.74, 6) is 0. The van der Waals surface area contributed by atoms with E-state index in [0.29, 0.717) is 6.54 Å². The molecule has 0 atom stereocenters. The van der Waals surface area contributed by atoms with Gasteiger partial charge < -0.3 is 10.1 Å². The van der Waals surface area contributed by atoms with Gasteiger partial charge in [0.2, 0.25) is 0 Å². The van der Waals surface area contributed by atoms with Crippen LogP contribution >= 0.6 is 0 Å². The Kier molecular flexibility index (Phi) is 2.82.